The van der Waals surface area contributed by atoms with E-state index >= 15 is 0 Å². The third-order valence-electron chi connectivity index (χ3n) is 3.50. The molecule has 11 heteroatoms. The molecular weight excluding hydrogens is 320 g/mol. The van der Waals surface area contributed by atoms with Gasteiger partial charge in [0.1, 0.15) is 49.3 Å². The van der Waals surface area contributed by atoms with Crippen molar-refractivity contribution >= 4 is 5.78 Å². The third kappa shape index (κ3) is 4.64. The number of Topliss-reactive ketones (excluding diaryl/α,β-unsaturated/α-hetero) is 1. The van der Waals surface area contributed by atoms with Gasteiger partial charge in [-0.3, -0.25) is 4.79 Å². The number of carbonyl (C=O) groups excluding carboxylic acids is 1. The SMILES string of the molecule is O=C(CO)[C@H](O)[C@@H](O[C@H]1O[C@H](CO)[C@@H](O)[C@H](O)[C@H]1O)[C@H](O)CO. The zero-order valence-electron chi connectivity index (χ0n) is 12.0. The van der Waals surface area contributed by atoms with E-state index in [2.05, 4.69) is 0 Å². The lowest BCUT2D eigenvalue weighted by molar-refractivity contribution is -0.323. The molecule has 136 valence electrons. The van der Waals surface area contributed by atoms with Crippen LogP contribution < -0.4 is 0 Å². The summed E-state index contributed by atoms with van der Waals surface area (Å²) in [6.45, 7) is -2.71. The largest absolute Gasteiger partial charge is 0.394 e. The average Bonchev–Trinajstić information content (AvgIpc) is 2.57. The van der Waals surface area contributed by atoms with Gasteiger partial charge in [-0.15, -0.1) is 0 Å². The molecule has 1 fully saturated rings. The van der Waals surface area contributed by atoms with E-state index in [9.17, 15) is 30.3 Å². The number of ketones is 1. The zero-order chi connectivity index (χ0) is 17.7. The van der Waals surface area contributed by atoms with Crippen molar-refractivity contribution in [2.45, 2.75) is 49.0 Å². The predicted octanol–water partition coefficient (Wildman–Crippen LogP) is -5.55. The smallest absolute Gasteiger partial charge is 0.189 e. The van der Waals surface area contributed by atoms with Crippen molar-refractivity contribution < 1.29 is 55.1 Å². The lowest BCUT2D eigenvalue weighted by Crippen LogP contribution is -2.61. The average molecular weight is 342 g/mol. The van der Waals surface area contributed by atoms with Crippen molar-refractivity contribution in [2.75, 3.05) is 19.8 Å². The lowest BCUT2D eigenvalue weighted by atomic mass is 9.98. The van der Waals surface area contributed by atoms with Gasteiger partial charge in [0.25, 0.3) is 0 Å². The summed E-state index contributed by atoms with van der Waals surface area (Å²) in [5.74, 6) is -1.12. The van der Waals surface area contributed by atoms with E-state index in [1.807, 2.05) is 0 Å². The van der Waals surface area contributed by atoms with Gasteiger partial charge in [-0.2, -0.15) is 0 Å². The molecule has 0 aromatic carbocycles. The van der Waals surface area contributed by atoms with E-state index < -0.39 is 74.6 Å². The van der Waals surface area contributed by atoms with Crippen molar-refractivity contribution in [3.63, 3.8) is 0 Å². The van der Waals surface area contributed by atoms with Crippen LogP contribution in [0.1, 0.15) is 0 Å². The number of rotatable bonds is 8. The highest BCUT2D eigenvalue weighted by Gasteiger charge is 2.46. The quantitative estimate of drug-likeness (QED) is 0.209. The molecule has 0 aliphatic carbocycles. The van der Waals surface area contributed by atoms with Crippen LogP contribution in [0.3, 0.4) is 0 Å². The molecule has 1 saturated heterocycles. The maximum Gasteiger partial charge on any atom is 0.189 e. The Morgan fingerprint density at radius 2 is 1.65 bits per heavy atom. The maximum absolute atomic E-state index is 11.3. The van der Waals surface area contributed by atoms with Crippen molar-refractivity contribution in [1.82, 2.24) is 0 Å². The Morgan fingerprint density at radius 1 is 1.04 bits per heavy atom. The first-order valence-electron chi connectivity index (χ1n) is 6.85. The normalized spacial score (nSPS) is 35.6. The number of aliphatic hydroxyl groups excluding tert-OH is 8. The molecule has 0 bridgehead atoms. The van der Waals surface area contributed by atoms with Gasteiger partial charge in [0.05, 0.1) is 13.2 Å². The van der Waals surface area contributed by atoms with Gasteiger partial charge in [-0.05, 0) is 0 Å². The fourth-order valence-electron chi connectivity index (χ4n) is 2.09. The third-order valence-corrected chi connectivity index (χ3v) is 3.50. The Morgan fingerprint density at radius 3 is 2.13 bits per heavy atom. The van der Waals surface area contributed by atoms with Gasteiger partial charge >= 0.3 is 0 Å². The fourth-order valence-corrected chi connectivity index (χ4v) is 2.09. The van der Waals surface area contributed by atoms with Crippen molar-refractivity contribution in [2.24, 2.45) is 0 Å². The van der Waals surface area contributed by atoms with Gasteiger partial charge in [-0.1, -0.05) is 0 Å². The van der Waals surface area contributed by atoms with Crippen molar-refractivity contribution in [1.29, 1.82) is 0 Å². The van der Waals surface area contributed by atoms with E-state index in [4.69, 9.17) is 24.8 Å². The van der Waals surface area contributed by atoms with Gasteiger partial charge in [0, 0.05) is 0 Å². The van der Waals surface area contributed by atoms with Gasteiger partial charge in [-0.25, -0.2) is 0 Å². The van der Waals surface area contributed by atoms with Crippen LogP contribution in [0.5, 0.6) is 0 Å². The van der Waals surface area contributed by atoms with Gasteiger partial charge in [0.2, 0.25) is 0 Å². The highest BCUT2D eigenvalue weighted by atomic mass is 16.7. The number of hydrogen-bond donors (Lipinski definition) is 8. The molecular formula is C12H22O11. The zero-order valence-corrected chi connectivity index (χ0v) is 12.0. The van der Waals surface area contributed by atoms with Crippen LogP contribution in [-0.4, -0.2) is 115 Å². The lowest BCUT2D eigenvalue weighted by Gasteiger charge is -2.41. The summed E-state index contributed by atoms with van der Waals surface area (Å²) in [5.41, 5.74) is 0. The van der Waals surface area contributed by atoms with Crippen LogP contribution in [0.15, 0.2) is 0 Å². The van der Waals surface area contributed by atoms with Crippen LogP contribution in [0.4, 0.5) is 0 Å². The summed E-state index contributed by atoms with van der Waals surface area (Å²) in [7, 11) is 0. The number of carbonyl (C=O) groups is 1. The Labute approximate surface area is 130 Å². The van der Waals surface area contributed by atoms with Crippen LogP contribution in [-0.2, 0) is 14.3 Å². The molecule has 1 aliphatic rings. The second kappa shape index (κ2) is 8.94. The molecule has 1 heterocycles. The maximum atomic E-state index is 11.3. The minimum absolute atomic E-state index is 0.726. The number of hydrogen-bond acceptors (Lipinski definition) is 11. The van der Waals surface area contributed by atoms with Crippen LogP contribution in [0, 0.1) is 0 Å². The first kappa shape index (κ1) is 20.3. The summed E-state index contributed by atoms with van der Waals surface area (Å²) >= 11 is 0. The second-order valence-electron chi connectivity index (χ2n) is 5.12. The Kier molecular flexibility index (Phi) is 7.89. The standard InChI is InChI=1S/C12H22O11/c13-1-4(16)7(18)11(5(17)2-14)23-12-10(21)9(20)8(19)6(3-15)22-12/h5-15,17-21H,1-3H2/t5-,6-,7+,8-,9+,10-,11+,12-/m1/s1. The summed E-state index contributed by atoms with van der Waals surface area (Å²) in [6.07, 6.45) is -13.8. The second-order valence-corrected chi connectivity index (χ2v) is 5.12. The topological polar surface area (TPSA) is 197 Å². The molecule has 8 N–H and O–H groups in total. The summed E-state index contributed by atoms with van der Waals surface area (Å²) < 4.78 is 10.1. The molecule has 0 saturated carbocycles. The number of aliphatic hydroxyl groups is 8. The molecule has 0 amide bonds. The van der Waals surface area contributed by atoms with E-state index in [1.165, 1.54) is 0 Å². The Balaban J connectivity index is 2.91. The van der Waals surface area contributed by atoms with Crippen LogP contribution >= 0.6 is 0 Å². The molecule has 1 rings (SSSR count). The minimum atomic E-state index is -2.05. The van der Waals surface area contributed by atoms with Crippen LogP contribution in [0.2, 0.25) is 0 Å². The van der Waals surface area contributed by atoms with E-state index in [0.717, 1.165) is 0 Å². The van der Waals surface area contributed by atoms with E-state index in [-0.39, 0.29) is 0 Å². The molecule has 11 nitrogen and oxygen atoms in total. The van der Waals surface area contributed by atoms with Gasteiger partial charge in [0.15, 0.2) is 12.1 Å². The Hall–Kier alpha value is -0.730. The molecule has 1 aliphatic heterocycles. The molecule has 0 spiro atoms. The van der Waals surface area contributed by atoms with E-state index in [0.29, 0.717) is 0 Å². The molecule has 0 unspecified atom stereocenters. The molecule has 0 radical (unpaired) electrons. The van der Waals surface area contributed by atoms with E-state index in [1.54, 1.807) is 0 Å². The van der Waals surface area contributed by atoms with Crippen molar-refractivity contribution in [3.05, 3.63) is 0 Å². The molecule has 0 aromatic heterocycles. The highest BCUT2D eigenvalue weighted by molar-refractivity contribution is 5.84. The van der Waals surface area contributed by atoms with Gasteiger partial charge < -0.3 is 50.3 Å². The molecule has 23 heavy (non-hydrogen) atoms. The summed E-state index contributed by atoms with van der Waals surface area (Å²) in [6, 6.07) is 0. The molecule has 0 aromatic rings. The predicted molar refractivity (Wildman–Crippen MR) is 69.8 cm³/mol. The molecule has 8 atom stereocenters. The highest BCUT2D eigenvalue weighted by Crippen LogP contribution is 2.24. The van der Waals surface area contributed by atoms with Crippen LogP contribution in [0.25, 0.3) is 0 Å². The first-order valence-corrected chi connectivity index (χ1v) is 6.85. The fraction of sp³-hybridized carbons (Fsp3) is 0.917. The monoisotopic (exact) mass is 342 g/mol. The summed E-state index contributed by atoms with van der Waals surface area (Å²) in [4.78, 5) is 11.3. The Bertz CT molecular complexity index is 376. The number of ether oxygens (including phenoxy) is 2. The minimum Gasteiger partial charge on any atom is -0.394 e. The summed E-state index contributed by atoms with van der Waals surface area (Å²) in [5, 5.41) is 75.1. The van der Waals surface area contributed by atoms with Crippen molar-refractivity contribution in [3.8, 4) is 0 Å². The first-order chi connectivity index (χ1) is 10.8.